The zero-order valence-corrected chi connectivity index (χ0v) is 20.0. The normalized spacial score (nSPS) is 19.4. The summed E-state index contributed by atoms with van der Waals surface area (Å²) < 4.78 is 7.82. The Kier molecular flexibility index (Phi) is 5.72. The minimum Gasteiger partial charge on any atom is -0.398 e. The van der Waals surface area contributed by atoms with Gasteiger partial charge < -0.3 is 19.5 Å². The van der Waals surface area contributed by atoms with Crippen molar-refractivity contribution in [2.24, 2.45) is 0 Å². The lowest BCUT2D eigenvalue weighted by Crippen LogP contribution is -2.37. The van der Waals surface area contributed by atoms with Crippen LogP contribution in [0.3, 0.4) is 0 Å². The van der Waals surface area contributed by atoms with Crippen LogP contribution in [0.4, 0.5) is 5.69 Å². The molecule has 7 heteroatoms. The lowest BCUT2D eigenvalue weighted by atomic mass is 9.81. The van der Waals surface area contributed by atoms with E-state index in [1.807, 2.05) is 53.1 Å². The van der Waals surface area contributed by atoms with Crippen LogP contribution in [0, 0.1) is 0 Å². The van der Waals surface area contributed by atoms with Crippen LogP contribution < -0.4 is 9.47 Å². The number of allylic oxidation sites excluding steroid dienone is 4. The van der Waals surface area contributed by atoms with Crippen molar-refractivity contribution in [3.8, 4) is 0 Å². The summed E-state index contributed by atoms with van der Waals surface area (Å²) in [6, 6.07) is 15.7. The molecule has 1 aliphatic heterocycles. The molecule has 0 saturated carbocycles. The van der Waals surface area contributed by atoms with Crippen molar-refractivity contribution in [2.75, 3.05) is 24.7 Å². The van der Waals surface area contributed by atoms with Gasteiger partial charge in [-0.25, -0.2) is 0 Å². The number of fused-ring (bicyclic) bond motifs is 2. The summed E-state index contributed by atoms with van der Waals surface area (Å²) in [7, 11) is 0. The molecule has 0 atom stereocenters. The second-order valence-corrected chi connectivity index (χ2v) is 9.43. The van der Waals surface area contributed by atoms with E-state index in [2.05, 4.69) is 37.4 Å². The highest BCUT2D eigenvalue weighted by atomic mass is 32.1. The molecule has 0 radical (unpaired) electrons. The Labute approximate surface area is 203 Å². The molecule has 2 aliphatic rings. The second-order valence-electron chi connectivity index (χ2n) is 8.98. The quantitative estimate of drug-likeness (QED) is 0.289. The van der Waals surface area contributed by atoms with Crippen LogP contribution in [0.25, 0.3) is 17.2 Å². The van der Waals surface area contributed by atoms with E-state index < -0.39 is 0 Å². The van der Waals surface area contributed by atoms with E-state index >= 15 is 0 Å². The molecule has 0 saturated heterocycles. The van der Waals surface area contributed by atoms with Crippen LogP contribution in [0.15, 0.2) is 80.8 Å². The number of hydrogen-bond acceptors (Lipinski definition) is 6. The summed E-state index contributed by atoms with van der Waals surface area (Å²) in [6.45, 7) is 5.01. The van der Waals surface area contributed by atoms with Crippen molar-refractivity contribution < 1.29 is 24.0 Å². The SMILES string of the molecule is CC1(C)C(=CC2=C(S)C(=Cc3oc4ccccc4[n+]3CCO)C2=O)N(CCO)c2ccccc21. The fraction of sp³-hybridized carbons (Fsp3) is 0.259. The number of aliphatic hydroxyl groups excluding tert-OH is 2. The number of hydrogen-bond donors (Lipinski definition) is 3. The number of nitrogens with zero attached hydrogens (tertiary/aromatic N) is 2. The van der Waals surface area contributed by atoms with Gasteiger partial charge in [-0.05, 0) is 23.8 Å². The van der Waals surface area contributed by atoms with Crippen molar-refractivity contribution in [3.05, 3.63) is 87.8 Å². The van der Waals surface area contributed by atoms with E-state index in [9.17, 15) is 15.0 Å². The van der Waals surface area contributed by atoms with Gasteiger partial charge in [-0.3, -0.25) is 4.79 Å². The molecule has 0 amide bonds. The van der Waals surface area contributed by atoms with E-state index in [0.29, 0.717) is 40.6 Å². The number of Topliss-reactive ketones (excluding diaryl/α,β-unsaturated/α-hetero) is 1. The molecule has 1 aromatic heterocycles. The summed E-state index contributed by atoms with van der Waals surface area (Å²) in [5, 5.41) is 19.2. The van der Waals surface area contributed by atoms with Crippen LogP contribution in [-0.4, -0.2) is 35.8 Å². The maximum Gasteiger partial charge on any atom is 0.374 e. The Bertz CT molecular complexity index is 1400. The zero-order chi connectivity index (χ0) is 24.0. The maximum absolute atomic E-state index is 13.2. The van der Waals surface area contributed by atoms with Gasteiger partial charge in [0.15, 0.2) is 12.3 Å². The molecular formula is C27H27N2O4S+. The van der Waals surface area contributed by atoms with Gasteiger partial charge in [-0.1, -0.05) is 44.2 Å². The Balaban J connectivity index is 1.57. The van der Waals surface area contributed by atoms with Crippen molar-refractivity contribution in [1.82, 2.24) is 0 Å². The van der Waals surface area contributed by atoms with Gasteiger partial charge in [0.05, 0.1) is 12.7 Å². The molecule has 2 heterocycles. The van der Waals surface area contributed by atoms with Crippen LogP contribution in [0.5, 0.6) is 0 Å². The van der Waals surface area contributed by atoms with E-state index in [-0.39, 0.29) is 24.4 Å². The van der Waals surface area contributed by atoms with Gasteiger partial charge in [-0.2, -0.15) is 4.57 Å². The predicted octanol–water partition coefficient (Wildman–Crippen LogP) is 3.54. The Morgan fingerprint density at radius 3 is 2.53 bits per heavy atom. The van der Waals surface area contributed by atoms with Crippen molar-refractivity contribution >= 4 is 41.3 Å². The number of carbonyl (C=O) groups is 1. The Morgan fingerprint density at radius 1 is 1.06 bits per heavy atom. The monoisotopic (exact) mass is 475 g/mol. The first-order valence-corrected chi connectivity index (χ1v) is 11.8. The molecule has 0 fully saturated rings. The third-order valence-electron chi connectivity index (χ3n) is 6.63. The van der Waals surface area contributed by atoms with Gasteiger partial charge in [0.1, 0.15) is 6.61 Å². The third-order valence-corrected chi connectivity index (χ3v) is 7.11. The van der Waals surface area contributed by atoms with Gasteiger partial charge in [0.25, 0.3) is 5.52 Å². The first-order chi connectivity index (χ1) is 16.4. The highest BCUT2D eigenvalue weighted by Crippen LogP contribution is 2.49. The summed E-state index contributed by atoms with van der Waals surface area (Å²) in [5.74, 6) is 0.386. The summed E-state index contributed by atoms with van der Waals surface area (Å²) in [4.78, 5) is 15.9. The van der Waals surface area contributed by atoms with Crippen LogP contribution in [-0.2, 0) is 16.8 Å². The number of carbonyl (C=O) groups excluding carboxylic acids is 1. The Morgan fingerprint density at radius 2 is 1.79 bits per heavy atom. The molecule has 0 spiro atoms. The average Bonchev–Trinajstić information content (AvgIpc) is 3.29. The lowest BCUT2D eigenvalue weighted by molar-refractivity contribution is -0.679. The molecule has 0 unspecified atom stereocenters. The zero-order valence-electron chi connectivity index (χ0n) is 19.2. The maximum atomic E-state index is 13.2. The number of para-hydroxylation sites is 3. The molecule has 2 N–H and O–H groups in total. The van der Waals surface area contributed by atoms with Crippen LogP contribution >= 0.6 is 12.6 Å². The van der Waals surface area contributed by atoms with Crippen LogP contribution in [0.2, 0.25) is 0 Å². The van der Waals surface area contributed by atoms with Gasteiger partial charge >= 0.3 is 5.89 Å². The first kappa shape index (κ1) is 22.7. The van der Waals surface area contributed by atoms with E-state index in [1.54, 1.807) is 6.08 Å². The smallest absolute Gasteiger partial charge is 0.374 e. The summed E-state index contributed by atoms with van der Waals surface area (Å²) >= 11 is 4.66. The molecule has 2 aromatic carbocycles. The third kappa shape index (κ3) is 3.43. The number of benzene rings is 2. The molecular weight excluding hydrogens is 448 g/mol. The fourth-order valence-corrected chi connectivity index (χ4v) is 5.24. The molecule has 34 heavy (non-hydrogen) atoms. The molecule has 174 valence electrons. The highest BCUT2D eigenvalue weighted by Gasteiger charge is 2.42. The number of oxazole rings is 1. The summed E-state index contributed by atoms with van der Waals surface area (Å²) in [5.41, 5.74) is 5.39. The molecule has 6 nitrogen and oxygen atoms in total. The topological polar surface area (TPSA) is 77.8 Å². The van der Waals surface area contributed by atoms with E-state index in [1.165, 1.54) is 0 Å². The highest BCUT2D eigenvalue weighted by molar-refractivity contribution is 7.85. The first-order valence-electron chi connectivity index (χ1n) is 11.3. The van der Waals surface area contributed by atoms with Crippen molar-refractivity contribution in [2.45, 2.75) is 25.8 Å². The van der Waals surface area contributed by atoms with E-state index in [4.69, 9.17) is 4.42 Å². The van der Waals surface area contributed by atoms with Gasteiger partial charge in [0.2, 0.25) is 5.58 Å². The standard InChI is InChI=1S/C27H26N2O4S/c1-27(2)19-7-3-4-8-20(19)28(11-13-30)23(27)15-17-25(32)18(26(17)34)16-24-29(12-14-31)21-9-5-6-10-22(21)33-24/h3-10,15-16,30-31H,11-14H2,1-2H3/p+1. The van der Waals surface area contributed by atoms with Crippen molar-refractivity contribution in [1.29, 1.82) is 0 Å². The van der Waals surface area contributed by atoms with Crippen molar-refractivity contribution in [3.63, 3.8) is 0 Å². The van der Waals surface area contributed by atoms with Gasteiger partial charge in [0, 0.05) is 45.5 Å². The molecule has 1 aliphatic carbocycles. The lowest BCUT2D eigenvalue weighted by Gasteiger charge is -2.29. The largest absolute Gasteiger partial charge is 0.398 e. The number of aliphatic hydroxyl groups is 2. The van der Waals surface area contributed by atoms with Crippen LogP contribution in [0.1, 0.15) is 25.3 Å². The average molecular weight is 476 g/mol. The number of β-amino-alcohol motifs (C(OH)–C–C–N with tert-alkyl or cyclic N) is 1. The molecule has 3 aromatic rings. The number of ketones is 1. The molecule has 5 rings (SSSR count). The number of rotatable bonds is 6. The minimum atomic E-state index is -0.324. The predicted molar refractivity (Wildman–Crippen MR) is 134 cm³/mol. The number of anilines is 1. The second kappa shape index (κ2) is 8.58. The molecule has 0 bridgehead atoms. The summed E-state index contributed by atoms with van der Waals surface area (Å²) in [6.07, 6.45) is 3.60. The fourth-order valence-electron chi connectivity index (χ4n) is 4.90. The van der Waals surface area contributed by atoms with Gasteiger partial charge in [-0.15, -0.1) is 12.6 Å². The Hall–Kier alpha value is -3.13. The number of thiol groups is 1. The number of aromatic nitrogens is 1. The van der Waals surface area contributed by atoms with E-state index in [0.717, 1.165) is 22.5 Å². The minimum absolute atomic E-state index is 0.00451.